The Kier molecular flexibility index (Phi) is 6.83. The van der Waals surface area contributed by atoms with Crippen LogP contribution >= 0.6 is 11.3 Å². The molecule has 0 saturated carbocycles. The van der Waals surface area contributed by atoms with Crippen molar-refractivity contribution in [2.75, 3.05) is 13.1 Å². The molecule has 0 aliphatic carbocycles. The fraction of sp³-hybridized carbons (Fsp3) is 0.500. The molecule has 1 atom stereocenters. The van der Waals surface area contributed by atoms with Crippen LogP contribution in [0.3, 0.4) is 0 Å². The number of benzene rings is 1. The minimum atomic E-state index is -0.132. The van der Waals surface area contributed by atoms with E-state index in [4.69, 9.17) is 0 Å². The summed E-state index contributed by atoms with van der Waals surface area (Å²) in [6, 6.07) is 10.4. The Labute approximate surface area is 171 Å². The van der Waals surface area contributed by atoms with Gasteiger partial charge in [0.1, 0.15) is 10.7 Å². The van der Waals surface area contributed by atoms with Gasteiger partial charge >= 0.3 is 0 Å². The van der Waals surface area contributed by atoms with Crippen molar-refractivity contribution >= 4 is 23.2 Å². The van der Waals surface area contributed by atoms with Crippen molar-refractivity contribution in [3.63, 3.8) is 0 Å². The minimum absolute atomic E-state index is 0.000124. The molecule has 1 aromatic carbocycles. The molecule has 6 heteroatoms. The largest absolute Gasteiger partial charge is 0.347 e. The first kappa shape index (κ1) is 20.5. The minimum Gasteiger partial charge on any atom is -0.347 e. The van der Waals surface area contributed by atoms with E-state index in [1.807, 2.05) is 16.3 Å². The highest BCUT2D eigenvalue weighted by molar-refractivity contribution is 7.09. The molecule has 28 heavy (non-hydrogen) atoms. The summed E-state index contributed by atoms with van der Waals surface area (Å²) in [5.74, 6) is 0.875. The third kappa shape index (κ3) is 5.19. The van der Waals surface area contributed by atoms with E-state index in [2.05, 4.69) is 48.4 Å². The van der Waals surface area contributed by atoms with Gasteiger partial charge in [0.05, 0.1) is 6.04 Å². The van der Waals surface area contributed by atoms with E-state index in [0.29, 0.717) is 17.5 Å². The molecule has 1 aromatic heterocycles. The molecule has 1 aliphatic heterocycles. The Hall–Kier alpha value is -2.21. The van der Waals surface area contributed by atoms with E-state index in [1.165, 1.54) is 23.8 Å². The average Bonchev–Trinajstić information content (AvgIpc) is 3.17. The molecule has 1 saturated heterocycles. The Bertz CT molecular complexity index is 795. The maximum Gasteiger partial charge on any atom is 0.273 e. The second-order valence-electron chi connectivity index (χ2n) is 7.93. The Morgan fingerprint density at radius 2 is 1.89 bits per heavy atom. The standard InChI is InChI=1S/C22H29N3O2S/c1-15(2)13-19(23-16(3)26)21-24-20(14-28-21)22(27)25-11-9-18(10-12-25)17-7-5-4-6-8-17/h4-8,14-15,18-19H,9-13H2,1-3H3,(H,23,26)/t19-/m0/s1. The van der Waals surface area contributed by atoms with Crippen LogP contribution in [0, 0.1) is 5.92 Å². The van der Waals surface area contributed by atoms with E-state index >= 15 is 0 Å². The van der Waals surface area contributed by atoms with Gasteiger partial charge in [0, 0.05) is 25.4 Å². The van der Waals surface area contributed by atoms with Crippen LogP contribution in [0.5, 0.6) is 0 Å². The van der Waals surface area contributed by atoms with Gasteiger partial charge in [-0.05, 0) is 36.7 Å². The summed E-state index contributed by atoms with van der Waals surface area (Å²) in [4.78, 5) is 30.9. The zero-order chi connectivity index (χ0) is 20.1. The molecule has 1 N–H and O–H groups in total. The van der Waals surface area contributed by atoms with Crippen LogP contribution in [0.4, 0.5) is 0 Å². The van der Waals surface area contributed by atoms with E-state index in [0.717, 1.165) is 37.4 Å². The number of likely N-dealkylation sites (tertiary alicyclic amines) is 1. The van der Waals surface area contributed by atoms with Gasteiger partial charge in [0.25, 0.3) is 5.91 Å². The molecular weight excluding hydrogens is 370 g/mol. The lowest BCUT2D eigenvalue weighted by Gasteiger charge is -2.31. The van der Waals surface area contributed by atoms with Crippen molar-refractivity contribution in [1.29, 1.82) is 0 Å². The number of amides is 2. The van der Waals surface area contributed by atoms with Crippen LogP contribution in [0.25, 0.3) is 0 Å². The first-order chi connectivity index (χ1) is 13.4. The van der Waals surface area contributed by atoms with Gasteiger partial charge < -0.3 is 10.2 Å². The number of aromatic nitrogens is 1. The number of piperidine rings is 1. The number of nitrogens with one attached hydrogen (secondary N) is 1. The summed E-state index contributed by atoms with van der Waals surface area (Å²) in [6.07, 6.45) is 2.77. The highest BCUT2D eigenvalue weighted by Crippen LogP contribution is 2.29. The number of hydrogen-bond donors (Lipinski definition) is 1. The predicted molar refractivity (Wildman–Crippen MR) is 112 cm³/mol. The number of carbonyl (C=O) groups excluding carboxylic acids is 2. The fourth-order valence-corrected chi connectivity index (χ4v) is 4.64. The lowest BCUT2D eigenvalue weighted by molar-refractivity contribution is -0.119. The number of thiazole rings is 1. The molecule has 0 radical (unpaired) electrons. The molecule has 0 bridgehead atoms. The van der Waals surface area contributed by atoms with Crippen molar-refractivity contribution in [2.24, 2.45) is 5.92 Å². The molecule has 150 valence electrons. The molecule has 5 nitrogen and oxygen atoms in total. The van der Waals surface area contributed by atoms with Crippen molar-refractivity contribution in [1.82, 2.24) is 15.2 Å². The van der Waals surface area contributed by atoms with Crippen LogP contribution in [0.1, 0.15) is 73.1 Å². The summed E-state index contributed by atoms with van der Waals surface area (Å²) < 4.78 is 0. The molecule has 3 rings (SSSR count). The van der Waals surface area contributed by atoms with Gasteiger partial charge in [-0.15, -0.1) is 11.3 Å². The highest BCUT2D eigenvalue weighted by Gasteiger charge is 2.27. The summed E-state index contributed by atoms with van der Waals surface area (Å²) in [7, 11) is 0. The van der Waals surface area contributed by atoms with E-state index in [1.54, 1.807) is 0 Å². The highest BCUT2D eigenvalue weighted by atomic mass is 32.1. The first-order valence-electron chi connectivity index (χ1n) is 10.0. The average molecular weight is 400 g/mol. The van der Waals surface area contributed by atoms with E-state index in [-0.39, 0.29) is 17.9 Å². The second kappa shape index (κ2) is 9.32. The lowest BCUT2D eigenvalue weighted by atomic mass is 9.89. The summed E-state index contributed by atoms with van der Waals surface area (Å²) in [5.41, 5.74) is 1.86. The van der Waals surface area contributed by atoms with E-state index < -0.39 is 0 Å². The maximum atomic E-state index is 12.9. The number of nitrogens with zero attached hydrogens (tertiary/aromatic N) is 2. The quantitative estimate of drug-likeness (QED) is 0.784. The Morgan fingerprint density at radius 3 is 2.50 bits per heavy atom. The Balaban J connectivity index is 1.63. The maximum absolute atomic E-state index is 12.9. The molecule has 2 amide bonds. The van der Waals surface area contributed by atoms with Crippen molar-refractivity contribution in [3.05, 3.63) is 52.0 Å². The third-order valence-electron chi connectivity index (χ3n) is 5.18. The normalized spacial score (nSPS) is 16.2. The molecule has 1 aliphatic rings. The number of carbonyl (C=O) groups is 2. The summed E-state index contributed by atoms with van der Waals surface area (Å²) >= 11 is 1.46. The van der Waals surface area contributed by atoms with Crippen LogP contribution in [-0.2, 0) is 4.79 Å². The topological polar surface area (TPSA) is 62.3 Å². The van der Waals surface area contributed by atoms with Crippen LogP contribution < -0.4 is 5.32 Å². The molecular formula is C22H29N3O2S. The first-order valence-corrected chi connectivity index (χ1v) is 10.9. The van der Waals surface area contributed by atoms with Gasteiger partial charge in [-0.3, -0.25) is 9.59 Å². The number of rotatable bonds is 6. The van der Waals surface area contributed by atoms with Gasteiger partial charge in [-0.2, -0.15) is 0 Å². The van der Waals surface area contributed by atoms with Crippen molar-refractivity contribution in [3.8, 4) is 0 Å². The molecule has 0 spiro atoms. The zero-order valence-corrected chi connectivity index (χ0v) is 17.7. The third-order valence-corrected chi connectivity index (χ3v) is 6.14. The smallest absolute Gasteiger partial charge is 0.273 e. The fourth-order valence-electron chi connectivity index (χ4n) is 3.79. The van der Waals surface area contributed by atoms with Gasteiger partial charge in [-0.1, -0.05) is 44.2 Å². The lowest BCUT2D eigenvalue weighted by Crippen LogP contribution is -2.38. The SMILES string of the molecule is CC(=O)N[C@@H](CC(C)C)c1nc(C(=O)N2CCC(c3ccccc3)CC2)cs1. The zero-order valence-electron chi connectivity index (χ0n) is 16.9. The van der Waals surface area contributed by atoms with Crippen LogP contribution in [0.2, 0.25) is 0 Å². The van der Waals surface area contributed by atoms with Gasteiger partial charge in [0.15, 0.2) is 0 Å². The predicted octanol–water partition coefficient (Wildman–Crippen LogP) is 4.39. The molecule has 1 fully saturated rings. The monoisotopic (exact) mass is 399 g/mol. The van der Waals surface area contributed by atoms with Crippen LogP contribution in [0.15, 0.2) is 35.7 Å². The van der Waals surface area contributed by atoms with Crippen molar-refractivity contribution < 1.29 is 9.59 Å². The van der Waals surface area contributed by atoms with Crippen LogP contribution in [-0.4, -0.2) is 34.8 Å². The summed E-state index contributed by atoms with van der Waals surface area (Å²) in [6.45, 7) is 7.26. The van der Waals surface area contributed by atoms with Gasteiger partial charge in [0.2, 0.25) is 5.91 Å². The molecule has 0 unspecified atom stereocenters. The Morgan fingerprint density at radius 1 is 1.21 bits per heavy atom. The molecule has 2 aromatic rings. The second-order valence-corrected chi connectivity index (χ2v) is 8.82. The molecule has 2 heterocycles. The van der Waals surface area contributed by atoms with Crippen molar-refractivity contribution in [2.45, 2.75) is 52.0 Å². The van der Waals surface area contributed by atoms with E-state index in [9.17, 15) is 9.59 Å². The van der Waals surface area contributed by atoms with Gasteiger partial charge in [-0.25, -0.2) is 4.98 Å². The summed E-state index contributed by atoms with van der Waals surface area (Å²) in [5, 5.41) is 5.61. The number of hydrogen-bond acceptors (Lipinski definition) is 4.